The first kappa shape index (κ1) is 16.6. The lowest BCUT2D eigenvalue weighted by molar-refractivity contribution is 0.0165. The van der Waals surface area contributed by atoms with Gasteiger partial charge in [-0.25, -0.2) is 4.79 Å². The maximum Gasteiger partial charge on any atom is 0.410 e. The molecule has 1 aromatic rings. The number of hydrogen-bond acceptors (Lipinski definition) is 4. The van der Waals surface area contributed by atoms with Gasteiger partial charge in [0.1, 0.15) is 11.4 Å². The van der Waals surface area contributed by atoms with Crippen molar-refractivity contribution in [3.63, 3.8) is 0 Å². The van der Waals surface area contributed by atoms with Gasteiger partial charge in [-0.2, -0.15) is 0 Å². The zero-order valence-electron chi connectivity index (χ0n) is 14.0. The standard InChI is InChI=1S/C17H26N2O3/c1-13-5-6-15(11-18-13)21-12-14-7-9-19(10-8-14)16(20)22-17(2,3)4/h5-6,11,14H,7-10,12H2,1-4H3. The Labute approximate surface area is 132 Å². The molecule has 0 saturated carbocycles. The second-order valence-electron chi connectivity index (χ2n) is 6.86. The van der Waals surface area contributed by atoms with Gasteiger partial charge in [-0.05, 0) is 58.6 Å². The maximum absolute atomic E-state index is 12.0. The molecule has 1 saturated heterocycles. The SMILES string of the molecule is Cc1ccc(OCC2CCN(C(=O)OC(C)(C)C)CC2)cn1. The summed E-state index contributed by atoms with van der Waals surface area (Å²) in [7, 11) is 0. The summed E-state index contributed by atoms with van der Waals surface area (Å²) < 4.78 is 11.2. The zero-order chi connectivity index (χ0) is 16.2. The third-order valence-electron chi connectivity index (χ3n) is 3.64. The van der Waals surface area contributed by atoms with Crippen molar-refractivity contribution >= 4 is 6.09 Å². The van der Waals surface area contributed by atoms with Crippen LogP contribution in [-0.2, 0) is 4.74 Å². The molecule has 5 heteroatoms. The number of piperidine rings is 1. The highest BCUT2D eigenvalue weighted by Crippen LogP contribution is 2.21. The van der Waals surface area contributed by atoms with Crippen LogP contribution in [0.25, 0.3) is 0 Å². The topological polar surface area (TPSA) is 51.7 Å². The first-order chi connectivity index (χ1) is 10.3. The number of likely N-dealkylation sites (tertiary alicyclic amines) is 1. The minimum atomic E-state index is -0.435. The molecule has 0 spiro atoms. The van der Waals surface area contributed by atoms with E-state index in [0.29, 0.717) is 12.5 Å². The van der Waals surface area contributed by atoms with Gasteiger partial charge in [-0.1, -0.05) is 0 Å². The molecule has 1 fully saturated rings. The summed E-state index contributed by atoms with van der Waals surface area (Å²) >= 11 is 0. The van der Waals surface area contributed by atoms with E-state index in [1.165, 1.54) is 0 Å². The number of aryl methyl sites for hydroxylation is 1. The van der Waals surface area contributed by atoms with Gasteiger partial charge in [0.05, 0.1) is 12.8 Å². The molecule has 0 aliphatic carbocycles. The summed E-state index contributed by atoms with van der Waals surface area (Å²) in [6, 6.07) is 3.89. The molecule has 0 N–H and O–H groups in total. The molecule has 1 aliphatic heterocycles. The fourth-order valence-corrected chi connectivity index (χ4v) is 2.36. The molecule has 122 valence electrons. The number of carbonyl (C=O) groups is 1. The number of ether oxygens (including phenoxy) is 2. The van der Waals surface area contributed by atoms with Crippen molar-refractivity contribution in [3.8, 4) is 5.75 Å². The average molecular weight is 306 g/mol. The van der Waals surface area contributed by atoms with Crippen molar-refractivity contribution < 1.29 is 14.3 Å². The van der Waals surface area contributed by atoms with E-state index >= 15 is 0 Å². The minimum absolute atomic E-state index is 0.213. The Bertz CT molecular complexity index is 486. The molecule has 0 unspecified atom stereocenters. The molecule has 0 aromatic carbocycles. The predicted octanol–water partition coefficient (Wildman–Crippen LogP) is 3.42. The lowest BCUT2D eigenvalue weighted by Crippen LogP contribution is -2.42. The molecular formula is C17H26N2O3. The lowest BCUT2D eigenvalue weighted by Gasteiger charge is -2.33. The molecule has 1 aliphatic rings. The number of aromatic nitrogens is 1. The Morgan fingerprint density at radius 3 is 2.55 bits per heavy atom. The van der Waals surface area contributed by atoms with Crippen LogP contribution in [0.2, 0.25) is 0 Å². The van der Waals surface area contributed by atoms with Crippen LogP contribution in [0.5, 0.6) is 5.75 Å². The largest absolute Gasteiger partial charge is 0.492 e. The predicted molar refractivity (Wildman–Crippen MR) is 85.0 cm³/mol. The van der Waals surface area contributed by atoms with Crippen LogP contribution >= 0.6 is 0 Å². The number of pyridine rings is 1. The number of carbonyl (C=O) groups excluding carboxylic acids is 1. The summed E-state index contributed by atoms with van der Waals surface area (Å²) in [5.41, 5.74) is 0.549. The Morgan fingerprint density at radius 2 is 2.00 bits per heavy atom. The summed E-state index contributed by atoms with van der Waals surface area (Å²) in [5, 5.41) is 0. The molecule has 2 rings (SSSR count). The highest BCUT2D eigenvalue weighted by Gasteiger charge is 2.27. The smallest absolute Gasteiger partial charge is 0.410 e. The van der Waals surface area contributed by atoms with Crippen molar-refractivity contribution in [3.05, 3.63) is 24.0 Å². The van der Waals surface area contributed by atoms with Gasteiger partial charge in [-0.3, -0.25) is 4.98 Å². The average Bonchev–Trinajstić information content (AvgIpc) is 2.45. The zero-order valence-corrected chi connectivity index (χ0v) is 14.0. The number of hydrogen-bond donors (Lipinski definition) is 0. The Kier molecular flexibility index (Phi) is 5.27. The van der Waals surface area contributed by atoms with E-state index in [2.05, 4.69) is 4.98 Å². The number of nitrogens with zero attached hydrogens (tertiary/aromatic N) is 2. The summed E-state index contributed by atoms with van der Waals surface area (Å²) in [5.74, 6) is 1.28. The fourth-order valence-electron chi connectivity index (χ4n) is 2.36. The normalized spacial score (nSPS) is 16.5. The highest BCUT2D eigenvalue weighted by atomic mass is 16.6. The molecule has 0 radical (unpaired) electrons. The molecule has 5 nitrogen and oxygen atoms in total. The van der Waals surface area contributed by atoms with E-state index in [0.717, 1.165) is 37.4 Å². The van der Waals surface area contributed by atoms with Gasteiger partial charge in [0.15, 0.2) is 0 Å². The van der Waals surface area contributed by atoms with Crippen LogP contribution in [0.15, 0.2) is 18.3 Å². The van der Waals surface area contributed by atoms with Crippen molar-refractivity contribution in [2.45, 2.75) is 46.1 Å². The lowest BCUT2D eigenvalue weighted by atomic mass is 9.98. The third kappa shape index (κ3) is 5.20. The molecule has 1 aromatic heterocycles. The Hall–Kier alpha value is -1.78. The van der Waals surface area contributed by atoms with Gasteiger partial charge in [0.25, 0.3) is 0 Å². The van der Waals surface area contributed by atoms with Gasteiger partial charge >= 0.3 is 6.09 Å². The molecule has 1 amide bonds. The van der Waals surface area contributed by atoms with E-state index in [4.69, 9.17) is 9.47 Å². The van der Waals surface area contributed by atoms with Crippen molar-refractivity contribution in [1.29, 1.82) is 0 Å². The van der Waals surface area contributed by atoms with Crippen LogP contribution in [0.1, 0.15) is 39.3 Å². The van der Waals surface area contributed by atoms with Crippen molar-refractivity contribution in [2.24, 2.45) is 5.92 Å². The molecular weight excluding hydrogens is 280 g/mol. The third-order valence-corrected chi connectivity index (χ3v) is 3.64. The van der Waals surface area contributed by atoms with Crippen molar-refractivity contribution in [1.82, 2.24) is 9.88 Å². The highest BCUT2D eigenvalue weighted by molar-refractivity contribution is 5.68. The van der Waals surface area contributed by atoms with Crippen molar-refractivity contribution in [2.75, 3.05) is 19.7 Å². The van der Waals surface area contributed by atoms with Crippen LogP contribution in [-0.4, -0.2) is 41.3 Å². The maximum atomic E-state index is 12.0. The second kappa shape index (κ2) is 6.99. The fraction of sp³-hybridized carbons (Fsp3) is 0.647. The molecule has 0 atom stereocenters. The number of rotatable bonds is 3. The second-order valence-corrected chi connectivity index (χ2v) is 6.86. The van der Waals surface area contributed by atoms with Crippen LogP contribution in [0.4, 0.5) is 4.79 Å². The first-order valence-electron chi connectivity index (χ1n) is 7.87. The molecule has 22 heavy (non-hydrogen) atoms. The van der Waals surface area contributed by atoms with E-state index in [9.17, 15) is 4.79 Å². The quantitative estimate of drug-likeness (QED) is 0.858. The van der Waals surface area contributed by atoms with E-state index in [1.54, 1.807) is 11.1 Å². The van der Waals surface area contributed by atoms with Crippen LogP contribution < -0.4 is 4.74 Å². The van der Waals surface area contributed by atoms with Gasteiger partial charge < -0.3 is 14.4 Å². The van der Waals surface area contributed by atoms with E-state index < -0.39 is 5.60 Å². The van der Waals surface area contributed by atoms with E-state index in [1.807, 2.05) is 39.8 Å². The van der Waals surface area contributed by atoms with Gasteiger partial charge in [0.2, 0.25) is 0 Å². The summed E-state index contributed by atoms with van der Waals surface area (Å²) in [4.78, 5) is 18.0. The summed E-state index contributed by atoms with van der Waals surface area (Å²) in [6.07, 6.45) is 3.43. The van der Waals surface area contributed by atoms with E-state index in [-0.39, 0.29) is 6.09 Å². The minimum Gasteiger partial charge on any atom is -0.492 e. The van der Waals surface area contributed by atoms with Gasteiger partial charge in [0, 0.05) is 18.8 Å². The Balaban J connectivity index is 1.73. The van der Waals surface area contributed by atoms with Crippen LogP contribution in [0, 0.1) is 12.8 Å². The number of amides is 1. The van der Waals surface area contributed by atoms with Crippen LogP contribution in [0.3, 0.4) is 0 Å². The monoisotopic (exact) mass is 306 g/mol. The van der Waals surface area contributed by atoms with Gasteiger partial charge in [-0.15, -0.1) is 0 Å². The summed E-state index contributed by atoms with van der Waals surface area (Å²) in [6.45, 7) is 9.76. The first-order valence-corrected chi connectivity index (χ1v) is 7.87. The molecule has 2 heterocycles. The molecule has 0 bridgehead atoms. The Morgan fingerprint density at radius 1 is 1.32 bits per heavy atom.